The van der Waals surface area contributed by atoms with Gasteiger partial charge in [-0.15, -0.1) is 0 Å². The van der Waals surface area contributed by atoms with Crippen molar-refractivity contribution in [2.75, 3.05) is 13.1 Å². The molecule has 8 heteroatoms. The van der Waals surface area contributed by atoms with Gasteiger partial charge in [-0.3, -0.25) is 4.79 Å². The van der Waals surface area contributed by atoms with Crippen molar-refractivity contribution in [3.63, 3.8) is 0 Å². The number of nitrogens with zero attached hydrogens (tertiary/aromatic N) is 6. The van der Waals surface area contributed by atoms with Gasteiger partial charge in [-0.2, -0.15) is 0 Å². The number of para-hydroxylation sites is 2. The highest BCUT2D eigenvalue weighted by Crippen LogP contribution is 2.42. The molecule has 4 atom stereocenters. The maximum Gasteiger partial charge on any atom is 0.255 e. The van der Waals surface area contributed by atoms with E-state index >= 15 is 0 Å². The number of likely N-dealkylation sites (tertiary alicyclic amines) is 1. The molecule has 4 heterocycles. The van der Waals surface area contributed by atoms with Crippen molar-refractivity contribution in [1.29, 1.82) is 0 Å². The average molecular weight is 443 g/mol. The molecule has 3 fully saturated rings. The van der Waals surface area contributed by atoms with Gasteiger partial charge in [0, 0.05) is 25.3 Å². The number of benzene rings is 1. The number of aliphatic hydroxyl groups excluding tert-OH is 1. The molecule has 7 rings (SSSR count). The number of pyridine rings is 1. The number of rotatable bonds is 3. The Balaban J connectivity index is 1.11. The molecule has 8 nitrogen and oxygen atoms in total. The molecule has 0 bridgehead atoms. The van der Waals surface area contributed by atoms with Gasteiger partial charge in [0.25, 0.3) is 5.91 Å². The molecule has 168 valence electrons. The number of fused-ring (bicyclic) bond motifs is 3. The Morgan fingerprint density at radius 1 is 0.939 bits per heavy atom. The molecule has 0 unspecified atom stereocenters. The van der Waals surface area contributed by atoms with Crippen molar-refractivity contribution in [1.82, 2.24) is 29.0 Å². The zero-order chi connectivity index (χ0) is 22.1. The zero-order valence-electron chi connectivity index (χ0n) is 18.3. The lowest BCUT2D eigenvalue weighted by Gasteiger charge is -2.36. The third-order valence-corrected chi connectivity index (χ3v) is 7.83. The molecule has 1 aliphatic heterocycles. The fourth-order valence-electron chi connectivity index (χ4n) is 5.95. The smallest absolute Gasteiger partial charge is 0.255 e. The molecule has 1 N–H and O–H groups in total. The summed E-state index contributed by atoms with van der Waals surface area (Å²) in [4.78, 5) is 28.8. The Labute approximate surface area is 190 Å². The lowest BCUT2D eigenvalue weighted by Crippen LogP contribution is -2.36. The van der Waals surface area contributed by atoms with Gasteiger partial charge in [-0.05, 0) is 55.7 Å². The van der Waals surface area contributed by atoms with Crippen LogP contribution in [0.2, 0.25) is 0 Å². The average Bonchev–Trinajstić information content (AvgIpc) is 3.26. The van der Waals surface area contributed by atoms with E-state index in [0.29, 0.717) is 43.0 Å². The predicted octanol–water partition coefficient (Wildman–Crippen LogP) is 3.20. The Bertz CT molecular complexity index is 1370. The van der Waals surface area contributed by atoms with Crippen LogP contribution in [0.4, 0.5) is 0 Å². The van der Waals surface area contributed by atoms with E-state index in [9.17, 15) is 9.90 Å². The van der Waals surface area contributed by atoms with Crippen molar-refractivity contribution < 1.29 is 9.90 Å². The third-order valence-electron chi connectivity index (χ3n) is 7.83. The Morgan fingerprint density at radius 3 is 2.55 bits per heavy atom. The molecular formula is C25H26N6O2. The highest BCUT2D eigenvalue weighted by Gasteiger charge is 2.44. The first-order valence-electron chi connectivity index (χ1n) is 11.9. The number of carbonyl (C=O) groups is 1. The van der Waals surface area contributed by atoms with Crippen LogP contribution in [0.1, 0.15) is 48.1 Å². The van der Waals surface area contributed by atoms with Crippen LogP contribution < -0.4 is 0 Å². The van der Waals surface area contributed by atoms with E-state index in [1.807, 2.05) is 41.8 Å². The first kappa shape index (κ1) is 19.2. The summed E-state index contributed by atoms with van der Waals surface area (Å²) >= 11 is 0. The van der Waals surface area contributed by atoms with Crippen LogP contribution >= 0.6 is 0 Å². The van der Waals surface area contributed by atoms with Crippen molar-refractivity contribution in [3.05, 3.63) is 54.7 Å². The van der Waals surface area contributed by atoms with Crippen LogP contribution in [0.5, 0.6) is 0 Å². The molecule has 1 aromatic carbocycles. The van der Waals surface area contributed by atoms with Crippen molar-refractivity contribution >= 4 is 28.1 Å². The molecule has 2 saturated carbocycles. The van der Waals surface area contributed by atoms with Crippen LogP contribution in [-0.2, 0) is 0 Å². The first-order chi connectivity index (χ1) is 16.2. The lowest BCUT2D eigenvalue weighted by molar-refractivity contribution is 0.0374. The third kappa shape index (κ3) is 3.08. The molecule has 33 heavy (non-hydrogen) atoms. The number of hydrogen-bond acceptors (Lipinski definition) is 5. The molecular weight excluding hydrogens is 416 g/mol. The molecule has 0 spiro atoms. The van der Waals surface area contributed by atoms with E-state index < -0.39 is 6.10 Å². The monoisotopic (exact) mass is 442 g/mol. The number of aliphatic hydroxyl groups is 1. The zero-order valence-corrected chi connectivity index (χ0v) is 18.3. The SMILES string of the molecule is O=C(c1cnc2c(c1)ncn2C1CC1)N1C[C@H]2C[C@@H](n3cnc4ccccc43)[C@H](O)C[C@H]2C1. The van der Waals surface area contributed by atoms with Gasteiger partial charge in [-0.1, -0.05) is 12.1 Å². The van der Waals surface area contributed by atoms with Crippen LogP contribution in [0.3, 0.4) is 0 Å². The van der Waals surface area contributed by atoms with Gasteiger partial charge in [0.1, 0.15) is 5.52 Å². The summed E-state index contributed by atoms with van der Waals surface area (Å²) in [6, 6.07) is 10.4. The van der Waals surface area contributed by atoms with E-state index in [-0.39, 0.29) is 11.9 Å². The highest BCUT2D eigenvalue weighted by molar-refractivity contribution is 5.96. The standard InChI is InChI=1S/C25H26N6O2/c32-23-9-17-12-29(11-16(17)8-22(23)31-14-27-19-3-1-2-4-21(19)31)25(33)15-7-20-24(26-10-15)30(13-28-20)18-5-6-18/h1-4,7,10,13-14,16-18,22-23,32H,5-6,8-9,11-12H2/t16-,17+,22-,23-/m1/s1. The van der Waals surface area contributed by atoms with Crippen molar-refractivity contribution in [2.45, 2.75) is 43.9 Å². The maximum atomic E-state index is 13.3. The lowest BCUT2D eigenvalue weighted by atomic mass is 9.77. The Hall–Kier alpha value is -3.26. The minimum absolute atomic E-state index is 0.0129. The molecule has 3 aliphatic rings. The fourth-order valence-corrected chi connectivity index (χ4v) is 5.95. The molecule has 4 aromatic rings. The number of aromatic nitrogens is 5. The summed E-state index contributed by atoms with van der Waals surface area (Å²) in [6.07, 6.45) is 8.84. The summed E-state index contributed by atoms with van der Waals surface area (Å²) in [7, 11) is 0. The summed E-state index contributed by atoms with van der Waals surface area (Å²) in [6.45, 7) is 1.40. The van der Waals surface area contributed by atoms with Crippen molar-refractivity contribution in [3.8, 4) is 0 Å². The Kier molecular flexibility index (Phi) is 4.15. The number of amides is 1. The topological polar surface area (TPSA) is 89.1 Å². The molecule has 0 radical (unpaired) electrons. The number of carbonyl (C=O) groups excluding carboxylic acids is 1. The molecule has 2 aliphatic carbocycles. The second-order valence-corrected chi connectivity index (χ2v) is 9.93. The largest absolute Gasteiger partial charge is 0.391 e. The summed E-state index contributed by atoms with van der Waals surface area (Å²) in [5.74, 6) is 0.703. The van der Waals surface area contributed by atoms with Gasteiger partial charge >= 0.3 is 0 Å². The van der Waals surface area contributed by atoms with E-state index in [1.54, 1.807) is 6.20 Å². The summed E-state index contributed by atoms with van der Waals surface area (Å²) in [5.41, 5.74) is 4.24. The number of hydrogen-bond donors (Lipinski definition) is 1. The van der Waals surface area contributed by atoms with Crippen LogP contribution in [-0.4, -0.2) is 59.2 Å². The first-order valence-corrected chi connectivity index (χ1v) is 11.9. The van der Waals surface area contributed by atoms with Gasteiger partial charge in [0.05, 0.1) is 41.4 Å². The minimum atomic E-state index is -0.441. The molecule has 3 aromatic heterocycles. The minimum Gasteiger partial charge on any atom is -0.391 e. The van der Waals surface area contributed by atoms with E-state index in [4.69, 9.17) is 0 Å². The second kappa shape index (κ2) is 7.12. The normalized spacial score (nSPS) is 27.4. The van der Waals surface area contributed by atoms with Gasteiger partial charge < -0.3 is 19.1 Å². The fraction of sp³-hybridized carbons (Fsp3) is 0.440. The summed E-state index contributed by atoms with van der Waals surface area (Å²) < 4.78 is 4.24. The molecule has 1 saturated heterocycles. The van der Waals surface area contributed by atoms with E-state index in [1.165, 1.54) is 12.8 Å². The van der Waals surface area contributed by atoms with Gasteiger partial charge in [-0.25, -0.2) is 15.0 Å². The predicted molar refractivity (Wildman–Crippen MR) is 123 cm³/mol. The van der Waals surface area contributed by atoms with E-state index in [0.717, 1.165) is 28.6 Å². The van der Waals surface area contributed by atoms with Gasteiger partial charge in [0.2, 0.25) is 0 Å². The van der Waals surface area contributed by atoms with E-state index in [2.05, 4.69) is 30.2 Å². The van der Waals surface area contributed by atoms with Crippen LogP contribution in [0.15, 0.2) is 49.2 Å². The van der Waals surface area contributed by atoms with Crippen LogP contribution in [0, 0.1) is 11.8 Å². The highest BCUT2D eigenvalue weighted by atomic mass is 16.3. The second-order valence-electron chi connectivity index (χ2n) is 9.93. The summed E-state index contributed by atoms with van der Waals surface area (Å²) in [5, 5.41) is 11.0. The number of imidazole rings is 2. The van der Waals surface area contributed by atoms with Gasteiger partial charge in [0.15, 0.2) is 5.65 Å². The van der Waals surface area contributed by atoms with Crippen LogP contribution in [0.25, 0.3) is 22.2 Å². The quantitative estimate of drug-likeness (QED) is 0.526. The maximum absolute atomic E-state index is 13.3. The Morgan fingerprint density at radius 2 is 1.70 bits per heavy atom. The van der Waals surface area contributed by atoms with Crippen molar-refractivity contribution in [2.24, 2.45) is 11.8 Å². The molecule has 1 amide bonds.